The number of carbonyl (C=O) groups is 1. The normalized spacial score (nSPS) is 13.9. The zero-order valence-electron chi connectivity index (χ0n) is 14.3. The second-order valence-corrected chi connectivity index (χ2v) is 6.68. The Morgan fingerprint density at radius 3 is 2.09 bits per heavy atom. The van der Waals surface area contributed by atoms with Crippen LogP contribution in [0.2, 0.25) is 0 Å². The van der Waals surface area contributed by atoms with Crippen LogP contribution < -0.4 is 0 Å². The average Bonchev–Trinajstić information content (AvgIpc) is 2.52. The first-order chi connectivity index (χ1) is 10.3. The van der Waals surface area contributed by atoms with Crippen molar-refractivity contribution in [3.05, 3.63) is 0 Å². The molecule has 0 aromatic rings. The van der Waals surface area contributed by atoms with Gasteiger partial charge in [0.25, 0.3) is 0 Å². The maximum atomic E-state index is 11.7. The minimum absolute atomic E-state index is 0.0389. The van der Waals surface area contributed by atoms with Crippen molar-refractivity contribution in [2.75, 3.05) is 46.5 Å². The number of ether oxygens (including phenoxy) is 1. The van der Waals surface area contributed by atoms with Crippen LogP contribution >= 0.6 is 0 Å². The Hall–Kier alpha value is -0.700. The summed E-state index contributed by atoms with van der Waals surface area (Å²) in [4.78, 5) is 11.7. The molecule has 0 aliphatic heterocycles. The Morgan fingerprint density at radius 1 is 1.09 bits per heavy atom. The summed E-state index contributed by atoms with van der Waals surface area (Å²) in [5, 5.41) is 0. The standard InChI is InChI=1S/C14H30NO6S/c1-6-13(4)14(16)20-11-9-15(7-2,8-3)10-12-21-22(17,18)19-5/h13H,6-12H2,1-5H3/q+1. The first-order valence-corrected chi connectivity index (χ1v) is 9.05. The van der Waals surface area contributed by atoms with Gasteiger partial charge in [-0.05, 0) is 20.3 Å². The molecule has 0 aromatic heterocycles. The van der Waals surface area contributed by atoms with Gasteiger partial charge < -0.3 is 9.22 Å². The van der Waals surface area contributed by atoms with Gasteiger partial charge in [0.2, 0.25) is 0 Å². The number of nitrogens with zero attached hydrogens (tertiary/aromatic N) is 1. The summed E-state index contributed by atoms with van der Waals surface area (Å²) in [5.41, 5.74) is 0. The molecule has 1 unspecified atom stereocenters. The third kappa shape index (κ3) is 7.53. The van der Waals surface area contributed by atoms with Crippen molar-refractivity contribution >= 4 is 16.4 Å². The molecule has 0 aromatic carbocycles. The maximum Gasteiger partial charge on any atom is 0.399 e. The SMILES string of the molecule is CCC(C)C(=O)OCC[N+](CC)(CC)CCOS(=O)(=O)OC. The predicted molar refractivity (Wildman–Crippen MR) is 83.4 cm³/mol. The van der Waals surface area contributed by atoms with Crippen molar-refractivity contribution < 1.29 is 30.8 Å². The van der Waals surface area contributed by atoms with Gasteiger partial charge in [-0.25, -0.2) is 4.18 Å². The maximum absolute atomic E-state index is 11.7. The number of quaternary nitrogens is 1. The van der Waals surface area contributed by atoms with E-state index in [1.807, 2.05) is 27.7 Å². The molecule has 0 rings (SSSR count). The van der Waals surface area contributed by atoms with Gasteiger partial charge in [-0.3, -0.25) is 8.98 Å². The van der Waals surface area contributed by atoms with E-state index in [9.17, 15) is 13.2 Å². The van der Waals surface area contributed by atoms with Crippen LogP contribution in [0.4, 0.5) is 0 Å². The highest BCUT2D eigenvalue weighted by Crippen LogP contribution is 2.09. The van der Waals surface area contributed by atoms with E-state index in [2.05, 4.69) is 4.18 Å². The molecule has 0 N–H and O–H groups in total. The van der Waals surface area contributed by atoms with E-state index in [4.69, 9.17) is 8.92 Å². The molecule has 0 radical (unpaired) electrons. The van der Waals surface area contributed by atoms with Gasteiger partial charge in [0.05, 0.1) is 26.1 Å². The monoisotopic (exact) mass is 340 g/mol. The van der Waals surface area contributed by atoms with Gasteiger partial charge >= 0.3 is 16.4 Å². The van der Waals surface area contributed by atoms with E-state index in [-0.39, 0.29) is 18.5 Å². The lowest BCUT2D eigenvalue weighted by molar-refractivity contribution is -0.925. The van der Waals surface area contributed by atoms with Crippen molar-refractivity contribution in [2.24, 2.45) is 5.92 Å². The Labute approximate surface area is 134 Å². The number of rotatable bonds is 12. The van der Waals surface area contributed by atoms with E-state index >= 15 is 0 Å². The summed E-state index contributed by atoms with van der Waals surface area (Å²) in [7, 11) is -2.84. The molecular formula is C14H30NO6S+. The average molecular weight is 340 g/mol. The Morgan fingerprint density at radius 2 is 1.64 bits per heavy atom. The zero-order chi connectivity index (χ0) is 17.2. The summed E-state index contributed by atoms with van der Waals surface area (Å²) in [6.07, 6.45) is 0.753. The summed E-state index contributed by atoms with van der Waals surface area (Å²) in [5.74, 6) is -0.286. The molecule has 7 nitrogen and oxygen atoms in total. The number of hydrogen-bond acceptors (Lipinski definition) is 6. The largest absolute Gasteiger partial charge is 0.459 e. The summed E-state index contributed by atoms with van der Waals surface area (Å²) < 4.78 is 37.2. The molecule has 0 fully saturated rings. The van der Waals surface area contributed by atoms with Gasteiger partial charge in [0, 0.05) is 0 Å². The quantitative estimate of drug-likeness (QED) is 0.394. The lowest BCUT2D eigenvalue weighted by Gasteiger charge is -2.36. The molecular weight excluding hydrogens is 310 g/mol. The lowest BCUT2D eigenvalue weighted by atomic mass is 10.1. The smallest absolute Gasteiger partial charge is 0.399 e. The number of likely N-dealkylation sites (N-methyl/N-ethyl adjacent to an activating group) is 1. The van der Waals surface area contributed by atoms with Crippen molar-refractivity contribution in [1.29, 1.82) is 0 Å². The molecule has 0 saturated carbocycles. The van der Waals surface area contributed by atoms with Crippen LogP contribution in [0.15, 0.2) is 0 Å². The molecule has 0 bridgehead atoms. The zero-order valence-corrected chi connectivity index (χ0v) is 15.1. The summed E-state index contributed by atoms with van der Waals surface area (Å²) >= 11 is 0. The van der Waals surface area contributed by atoms with Crippen LogP contribution in [0.3, 0.4) is 0 Å². The second kappa shape index (κ2) is 10.1. The fourth-order valence-corrected chi connectivity index (χ4v) is 2.37. The lowest BCUT2D eigenvalue weighted by Crippen LogP contribution is -2.52. The Balaban J connectivity index is 4.41. The number of hydrogen-bond donors (Lipinski definition) is 0. The van der Waals surface area contributed by atoms with Crippen LogP contribution in [0.5, 0.6) is 0 Å². The number of carbonyl (C=O) groups excluding carboxylic acids is 1. The topological polar surface area (TPSA) is 78.9 Å². The summed E-state index contributed by atoms with van der Waals surface area (Å²) in [6.45, 7) is 10.9. The van der Waals surface area contributed by atoms with Crippen molar-refractivity contribution in [3.8, 4) is 0 Å². The van der Waals surface area contributed by atoms with Crippen molar-refractivity contribution in [1.82, 2.24) is 0 Å². The molecule has 8 heteroatoms. The highest BCUT2D eigenvalue weighted by molar-refractivity contribution is 7.81. The first kappa shape index (κ1) is 21.3. The van der Waals surface area contributed by atoms with Crippen LogP contribution in [0.1, 0.15) is 34.1 Å². The van der Waals surface area contributed by atoms with E-state index < -0.39 is 10.4 Å². The number of esters is 1. The third-order valence-electron chi connectivity index (χ3n) is 4.16. The highest BCUT2D eigenvalue weighted by atomic mass is 32.3. The van der Waals surface area contributed by atoms with Gasteiger partial charge in [-0.15, -0.1) is 0 Å². The third-order valence-corrected chi connectivity index (χ3v) is 5.03. The predicted octanol–water partition coefficient (Wildman–Crippen LogP) is 1.34. The Bertz CT molecular complexity index is 419. The first-order valence-electron chi connectivity index (χ1n) is 7.72. The fourth-order valence-electron chi connectivity index (χ4n) is 2.00. The molecule has 132 valence electrons. The van der Waals surface area contributed by atoms with Gasteiger partial charge in [-0.2, -0.15) is 8.42 Å². The highest BCUT2D eigenvalue weighted by Gasteiger charge is 2.25. The van der Waals surface area contributed by atoms with Crippen LogP contribution in [-0.4, -0.2) is 65.4 Å². The summed E-state index contributed by atoms with van der Waals surface area (Å²) in [6, 6.07) is 0. The van der Waals surface area contributed by atoms with Crippen LogP contribution in [0.25, 0.3) is 0 Å². The van der Waals surface area contributed by atoms with Crippen molar-refractivity contribution in [3.63, 3.8) is 0 Å². The molecule has 0 heterocycles. The van der Waals surface area contributed by atoms with E-state index in [0.717, 1.165) is 26.6 Å². The molecule has 0 saturated heterocycles. The van der Waals surface area contributed by atoms with Crippen LogP contribution in [0, 0.1) is 5.92 Å². The molecule has 1 atom stereocenters. The van der Waals surface area contributed by atoms with Gasteiger partial charge in [0.15, 0.2) is 0 Å². The molecule has 22 heavy (non-hydrogen) atoms. The molecule has 0 amide bonds. The Kier molecular flexibility index (Phi) is 9.82. The minimum atomic E-state index is -3.90. The fraction of sp³-hybridized carbons (Fsp3) is 0.929. The van der Waals surface area contributed by atoms with Gasteiger partial charge in [-0.1, -0.05) is 13.8 Å². The molecule has 0 aliphatic rings. The molecule has 0 spiro atoms. The van der Waals surface area contributed by atoms with E-state index in [1.165, 1.54) is 0 Å². The van der Waals surface area contributed by atoms with Crippen LogP contribution in [-0.2, 0) is 28.3 Å². The second-order valence-electron chi connectivity index (χ2n) is 5.29. The van der Waals surface area contributed by atoms with Crippen molar-refractivity contribution in [2.45, 2.75) is 34.1 Å². The van der Waals surface area contributed by atoms with E-state index in [0.29, 0.717) is 24.2 Å². The minimum Gasteiger partial charge on any atom is -0.459 e. The molecule has 0 aliphatic carbocycles. The van der Waals surface area contributed by atoms with Gasteiger partial charge in [0.1, 0.15) is 26.3 Å². The van der Waals surface area contributed by atoms with E-state index in [1.54, 1.807) is 0 Å².